The Balaban J connectivity index is 1.10. The first kappa shape index (κ1) is 49.1. The van der Waals surface area contributed by atoms with E-state index in [-0.39, 0.29) is 59.2 Å². The molecule has 0 aromatic heterocycles. The van der Waals surface area contributed by atoms with Crippen molar-refractivity contribution < 1.29 is 53.2 Å². The molecule has 7 rings (SSSR count). The van der Waals surface area contributed by atoms with Gasteiger partial charge in [0, 0.05) is 12.5 Å². The van der Waals surface area contributed by atoms with Crippen LogP contribution in [0.2, 0.25) is 0 Å². The summed E-state index contributed by atoms with van der Waals surface area (Å²) in [6, 6.07) is 22.5. The second-order valence-electron chi connectivity index (χ2n) is 20.2. The lowest BCUT2D eigenvalue weighted by Gasteiger charge is -2.69. The Labute approximate surface area is 393 Å². The minimum absolute atomic E-state index is 0.0624. The van der Waals surface area contributed by atoms with E-state index in [1.165, 1.54) is 13.0 Å². The second kappa shape index (κ2) is 20.2. The van der Waals surface area contributed by atoms with E-state index in [9.17, 15) is 34.4 Å². The third-order valence-corrected chi connectivity index (χ3v) is 16.1. The van der Waals surface area contributed by atoms with Crippen LogP contribution in [0.5, 0.6) is 5.75 Å². The van der Waals surface area contributed by atoms with Gasteiger partial charge in [0.05, 0.1) is 17.2 Å². The number of nitrogens with zero attached hydrogens (tertiary/aromatic N) is 1. The molecule has 358 valence electrons. The van der Waals surface area contributed by atoms with Crippen LogP contribution in [0.3, 0.4) is 0 Å². The van der Waals surface area contributed by atoms with E-state index < -0.39 is 58.1 Å². The van der Waals surface area contributed by atoms with E-state index in [2.05, 4.69) is 38.6 Å². The lowest BCUT2D eigenvalue weighted by molar-refractivity contribution is -0.757. The smallest absolute Gasteiger partial charge is 0.344 e. The van der Waals surface area contributed by atoms with Crippen LogP contribution in [0.4, 0.5) is 0 Å². The van der Waals surface area contributed by atoms with Gasteiger partial charge in [0.25, 0.3) is 5.09 Å². The lowest BCUT2D eigenvalue weighted by atomic mass is 9.36. The molecule has 4 aliphatic carbocycles. The second-order valence-corrected chi connectivity index (χ2v) is 20.2. The molecule has 13 heteroatoms. The monoisotopic (exact) mass is 919 g/mol. The zero-order valence-electron chi connectivity index (χ0n) is 39.8. The summed E-state index contributed by atoms with van der Waals surface area (Å²) >= 11 is 0. The van der Waals surface area contributed by atoms with Crippen molar-refractivity contribution in [3.63, 3.8) is 0 Å². The molecule has 0 saturated heterocycles. The van der Waals surface area contributed by atoms with E-state index in [1.54, 1.807) is 42.5 Å². The highest BCUT2D eigenvalue weighted by atomic mass is 16.9. The predicted octanol–water partition coefficient (Wildman–Crippen LogP) is 10.2. The van der Waals surface area contributed by atoms with Gasteiger partial charge in [0.2, 0.25) is 0 Å². The van der Waals surface area contributed by atoms with Gasteiger partial charge in [0.1, 0.15) is 31.2 Å². The highest BCUT2D eigenvalue weighted by Gasteiger charge is 2.71. The minimum Gasteiger partial charge on any atom is -0.458 e. The molecule has 13 nitrogen and oxygen atoms in total. The molecule has 1 N–H and O–H groups in total. The van der Waals surface area contributed by atoms with Gasteiger partial charge in [-0.05, 0) is 153 Å². The van der Waals surface area contributed by atoms with Crippen molar-refractivity contribution in [1.29, 1.82) is 0 Å². The van der Waals surface area contributed by atoms with Crippen LogP contribution in [0.25, 0.3) is 0 Å². The van der Waals surface area contributed by atoms with Gasteiger partial charge in [-0.3, -0.25) is 4.79 Å². The van der Waals surface area contributed by atoms with Crippen molar-refractivity contribution in [2.45, 2.75) is 131 Å². The van der Waals surface area contributed by atoms with Crippen LogP contribution in [0.1, 0.15) is 132 Å². The van der Waals surface area contributed by atoms with E-state index in [4.69, 9.17) is 18.9 Å². The van der Waals surface area contributed by atoms with E-state index in [0.29, 0.717) is 50.5 Å². The summed E-state index contributed by atoms with van der Waals surface area (Å²) < 4.78 is 24.1. The number of rotatable bonds is 15. The molecule has 67 heavy (non-hydrogen) atoms. The molecule has 0 amide bonds. The van der Waals surface area contributed by atoms with E-state index >= 15 is 0 Å². The molecular weight excluding hydrogens is 855 g/mol. The van der Waals surface area contributed by atoms with Gasteiger partial charge in [0.15, 0.2) is 0 Å². The van der Waals surface area contributed by atoms with Crippen molar-refractivity contribution in [1.82, 2.24) is 0 Å². The van der Waals surface area contributed by atoms with Gasteiger partial charge in [-0.25, -0.2) is 14.4 Å². The zero-order chi connectivity index (χ0) is 48.3. The Morgan fingerprint density at radius 2 is 1.51 bits per heavy atom. The number of allylic oxidation sites excluding steroid dienone is 2. The highest BCUT2D eigenvalue weighted by Crippen LogP contribution is 2.74. The summed E-state index contributed by atoms with van der Waals surface area (Å²) in [6.45, 7) is 14.5. The summed E-state index contributed by atoms with van der Waals surface area (Å²) in [5.74, 6) is -2.26. The fourth-order valence-electron chi connectivity index (χ4n) is 12.9. The fraction of sp³-hybridized carbons (Fsp3) is 0.519. The molecular formula is C54H65NO12. The van der Waals surface area contributed by atoms with Crippen molar-refractivity contribution in [3.05, 3.63) is 134 Å². The molecule has 0 bridgehead atoms. The Hall–Kier alpha value is -5.82. The summed E-state index contributed by atoms with van der Waals surface area (Å²) in [5.41, 5.74) is 3.06. The largest absolute Gasteiger partial charge is 0.458 e. The number of esters is 4. The molecule has 0 unspecified atom stereocenters. The molecule has 3 aromatic carbocycles. The van der Waals surface area contributed by atoms with Crippen molar-refractivity contribution in [2.24, 2.45) is 39.9 Å². The maximum Gasteiger partial charge on any atom is 0.344 e. The third kappa shape index (κ3) is 10.1. The number of aliphatic hydroxyl groups is 1. The number of fused-ring (bicyclic) bond motifs is 5. The van der Waals surface area contributed by atoms with Crippen molar-refractivity contribution in [2.75, 3.05) is 6.61 Å². The number of carbonyl (C=O) groups excluding carboxylic acids is 4. The normalized spacial score (nSPS) is 30.3. The SMILES string of the molecule is CC(=O)O[C@H]1C[C@@]2(C)[C@@H](C[C@@H](O)[C@H]3[C@@]4(C)CC[C@@H](OC(=O)c5ccccc5C(=O)Oc5ccc(CCO[N+](=O)[O-])cc5)[C@@H](C)[C@@H]4CC[C@@]32C)/C1=C(\CCC=C(C)C)C(=O)OCc1ccccc1. The average molecular weight is 920 g/mol. The number of aliphatic hydroxyl groups excluding tert-OH is 1. The first-order valence-corrected chi connectivity index (χ1v) is 23.7. The van der Waals surface area contributed by atoms with Crippen molar-refractivity contribution >= 4 is 23.9 Å². The third-order valence-electron chi connectivity index (χ3n) is 16.1. The maximum atomic E-state index is 14.3. The minimum atomic E-state index is -0.847. The lowest BCUT2D eigenvalue weighted by Crippen LogP contribution is -2.65. The number of benzene rings is 3. The van der Waals surface area contributed by atoms with Gasteiger partial charge >= 0.3 is 23.9 Å². The molecule has 3 aromatic rings. The van der Waals surface area contributed by atoms with Crippen LogP contribution in [-0.2, 0) is 41.7 Å². The van der Waals surface area contributed by atoms with Crippen LogP contribution in [0.15, 0.2) is 102 Å². The van der Waals surface area contributed by atoms with Crippen LogP contribution < -0.4 is 4.74 Å². The number of hydrogen-bond donors (Lipinski definition) is 1. The Bertz CT molecular complexity index is 2390. The van der Waals surface area contributed by atoms with Crippen molar-refractivity contribution in [3.8, 4) is 5.75 Å². The Morgan fingerprint density at radius 1 is 0.836 bits per heavy atom. The summed E-state index contributed by atoms with van der Waals surface area (Å²) in [6.07, 6.45) is 5.43. The predicted molar refractivity (Wildman–Crippen MR) is 249 cm³/mol. The first-order valence-electron chi connectivity index (χ1n) is 23.7. The Morgan fingerprint density at radius 3 is 2.16 bits per heavy atom. The molecule has 4 aliphatic rings. The topological polar surface area (TPSA) is 178 Å². The highest BCUT2D eigenvalue weighted by molar-refractivity contribution is 6.03. The first-order chi connectivity index (χ1) is 31.9. The van der Waals surface area contributed by atoms with Crippen LogP contribution in [0, 0.1) is 50.0 Å². The number of carbonyl (C=O) groups is 4. The standard InChI is InChI=1S/C54H65NO12/c1-33(2)14-13-19-41(49(58)63-32-37-15-9-8-10-16-37)47-43-30-44(57)48-52(5)27-25-45(34(3)42(52)24-28-53(48,6)54(43,7)31-46(47)65-35(4)56)67-51(60)40-18-12-11-17-39(40)50(59)66-38-22-20-36(21-23-38)26-29-64-55(61)62/h8-12,14-18,20-23,34,42-46,48,57H,13,19,24-32H2,1-7H3/b47-41-/t34-,42-,43-,44+,45+,46-,48-,52-,53-,54-/m0/s1. The molecule has 0 aliphatic heterocycles. The van der Waals surface area contributed by atoms with Gasteiger partial charge in [-0.15, -0.1) is 10.1 Å². The number of hydrogen-bond acceptors (Lipinski definition) is 12. The summed E-state index contributed by atoms with van der Waals surface area (Å²) in [7, 11) is 0. The zero-order valence-corrected chi connectivity index (χ0v) is 39.8. The molecule has 0 radical (unpaired) electrons. The maximum absolute atomic E-state index is 14.3. The van der Waals surface area contributed by atoms with E-state index in [1.807, 2.05) is 44.2 Å². The molecule has 4 saturated carbocycles. The molecule has 0 heterocycles. The summed E-state index contributed by atoms with van der Waals surface area (Å²) in [4.78, 5) is 69.5. The molecule has 10 atom stereocenters. The van der Waals surface area contributed by atoms with Gasteiger partial charge < -0.3 is 28.9 Å². The summed E-state index contributed by atoms with van der Waals surface area (Å²) in [5, 5.41) is 22.3. The van der Waals surface area contributed by atoms with Gasteiger partial charge in [-0.1, -0.05) is 93.9 Å². The fourth-order valence-corrected chi connectivity index (χ4v) is 12.9. The Kier molecular flexibility index (Phi) is 14.8. The molecule has 4 fully saturated rings. The van der Waals surface area contributed by atoms with Crippen LogP contribution >= 0.6 is 0 Å². The van der Waals surface area contributed by atoms with Gasteiger partial charge in [-0.2, -0.15) is 0 Å². The van der Waals surface area contributed by atoms with E-state index in [0.717, 1.165) is 35.1 Å². The quantitative estimate of drug-likeness (QED) is 0.0291. The number of ether oxygens (including phenoxy) is 4. The molecule has 0 spiro atoms. The van der Waals surface area contributed by atoms with Crippen LogP contribution in [-0.4, -0.2) is 59.0 Å². The average Bonchev–Trinajstić information content (AvgIpc) is 3.56.